The van der Waals surface area contributed by atoms with Crippen molar-refractivity contribution in [3.8, 4) is 0 Å². The fourth-order valence-corrected chi connectivity index (χ4v) is 2.11. The number of anilines is 1. The van der Waals surface area contributed by atoms with Crippen LogP contribution in [0.2, 0.25) is 0 Å². The van der Waals surface area contributed by atoms with E-state index in [0.717, 1.165) is 23.9 Å². The molecule has 0 radical (unpaired) electrons. The van der Waals surface area contributed by atoms with E-state index in [-0.39, 0.29) is 0 Å². The van der Waals surface area contributed by atoms with Gasteiger partial charge in [0.2, 0.25) is 0 Å². The summed E-state index contributed by atoms with van der Waals surface area (Å²) in [6, 6.07) is 7.64. The molecule has 2 rings (SSSR count). The summed E-state index contributed by atoms with van der Waals surface area (Å²) in [5.41, 5.74) is 5.72. The van der Waals surface area contributed by atoms with Crippen LogP contribution in [0.15, 0.2) is 46.2 Å². The minimum absolute atomic E-state index is 0.310. The van der Waals surface area contributed by atoms with Gasteiger partial charge in [0.1, 0.15) is 5.82 Å². The van der Waals surface area contributed by atoms with Gasteiger partial charge in [0.25, 0.3) is 0 Å². The first kappa shape index (κ1) is 11.9. The molecular formula is C12H8F3NS. The van der Waals surface area contributed by atoms with Crippen LogP contribution in [0.25, 0.3) is 0 Å². The Morgan fingerprint density at radius 2 is 1.59 bits per heavy atom. The highest BCUT2D eigenvalue weighted by molar-refractivity contribution is 7.99. The van der Waals surface area contributed by atoms with Crippen LogP contribution in [0.5, 0.6) is 0 Å². The lowest BCUT2D eigenvalue weighted by Gasteiger charge is -2.04. The molecule has 0 heterocycles. The predicted molar refractivity (Wildman–Crippen MR) is 61.3 cm³/mol. The van der Waals surface area contributed by atoms with Gasteiger partial charge >= 0.3 is 0 Å². The van der Waals surface area contributed by atoms with Gasteiger partial charge in [-0.1, -0.05) is 11.8 Å². The van der Waals surface area contributed by atoms with E-state index in [1.807, 2.05) is 0 Å². The largest absolute Gasteiger partial charge is 0.399 e. The van der Waals surface area contributed by atoms with Crippen molar-refractivity contribution in [1.82, 2.24) is 0 Å². The topological polar surface area (TPSA) is 26.0 Å². The van der Waals surface area contributed by atoms with E-state index in [9.17, 15) is 13.2 Å². The van der Waals surface area contributed by atoms with Crippen LogP contribution in [-0.4, -0.2) is 0 Å². The average Bonchev–Trinajstić information content (AvgIpc) is 2.27. The van der Waals surface area contributed by atoms with Crippen molar-refractivity contribution in [3.63, 3.8) is 0 Å². The summed E-state index contributed by atoms with van der Waals surface area (Å²) in [5.74, 6) is -2.36. The van der Waals surface area contributed by atoms with E-state index in [1.165, 1.54) is 18.2 Å². The van der Waals surface area contributed by atoms with E-state index in [2.05, 4.69) is 0 Å². The Balaban J connectivity index is 2.28. The first-order chi connectivity index (χ1) is 8.06. The second-order valence-electron chi connectivity index (χ2n) is 3.37. The SMILES string of the molecule is Nc1ccc(Sc2ccc(F)c(F)c2)c(F)c1. The van der Waals surface area contributed by atoms with Gasteiger partial charge in [-0.05, 0) is 36.4 Å². The zero-order chi connectivity index (χ0) is 12.4. The van der Waals surface area contributed by atoms with Gasteiger partial charge in [0.15, 0.2) is 11.6 Å². The summed E-state index contributed by atoms with van der Waals surface area (Å²) in [6.45, 7) is 0. The van der Waals surface area contributed by atoms with E-state index in [1.54, 1.807) is 6.07 Å². The highest BCUT2D eigenvalue weighted by atomic mass is 32.2. The molecule has 0 saturated heterocycles. The highest BCUT2D eigenvalue weighted by Gasteiger charge is 2.07. The molecule has 5 heteroatoms. The molecule has 0 fully saturated rings. The van der Waals surface area contributed by atoms with Gasteiger partial charge in [-0.3, -0.25) is 0 Å². The molecule has 1 nitrogen and oxygen atoms in total. The lowest BCUT2D eigenvalue weighted by atomic mass is 10.3. The number of halogens is 3. The highest BCUT2D eigenvalue weighted by Crippen LogP contribution is 2.31. The van der Waals surface area contributed by atoms with Gasteiger partial charge in [-0.2, -0.15) is 0 Å². The molecule has 0 aliphatic heterocycles. The van der Waals surface area contributed by atoms with Crippen molar-refractivity contribution >= 4 is 17.4 Å². The lowest BCUT2D eigenvalue weighted by Crippen LogP contribution is -1.88. The van der Waals surface area contributed by atoms with Gasteiger partial charge in [0.05, 0.1) is 0 Å². The van der Waals surface area contributed by atoms with Crippen molar-refractivity contribution in [2.45, 2.75) is 9.79 Å². The standard InChI is InChI=1S/C12H8F3NS/c13-9-3-2-8(6-10(9)14)17-12-4-1-7(16)5-11(12)15/h1-6H,16H2. The first-order valence-corrected chi connectivity index (χ1v) is 5.56. The third kappa shape index (κ3) is 2.74. The maximum Gasteiger partial charge on any atom is 0.159 e. The van der Waals surface area contributed by atoms with E-state index in [0.29, 0.717) is 15.5 Å². The third-order valence-electron chi connectivity index (χ3n) is 2.07. The first-order valence-electron chi connectivity index (χ1n) is 4.74. The maximum absolute atomic E-state index is 13.4. The molecule has 0 aliphatic rings. The van der Waals surface area contributed by atoms with Crippen LogP contribution in [-0.2, 0) is 0 Å². The van der Waals surface area contributed by atoms with E-state index in [4.69, 9.17) is 5.73 Å². The number of rotatable bonds is 2. The van der Waals surface area contributed by atoms with Crippen molar-refractivity contribution < 1.29 is 13.2 Å². The van der Waals surface area contributed by atoms with Gasteiger partial charge in [-0.25, -0.2) is 13.2 Å². The molecule has 0 bridgehead atoms. The van der Waals surface area contributed by atoms with Crippen LogP contribution in [0.3, 0.4) is 0 Å². The second-order valence-corrected chi connectivity index (χ2v) is 4.48. The van der Waals surface area contributed by atoms with Crippen LogP contribution in [0.1, 0.15) is 0 Å². The zero-order valence-corrected chi connectivity index (χ0v) is 9.40. The zero-order valence-electron chi connectivity index (χ0n) is 8.58. The van der Waals surface area contributed by atoms with Gasteiger partial charge < -0.3 is 5.73 Å². The summed E-state index contributed by atoms with van der Waals surface area (Å²) in [4.78, 5) is 0.734. The molecule has 2 aromatic rings. The van der Waals surface area contributed by atoms with Crippen molar-refractivity contribution in [2.24, 2.45) is 0 Å². The minimum Gasteiger partial charge on any atom is -0.399 e. The molecule has 0 unspecified atom stereocenters. The summed E-state index contributed by atoms with van der Waals surface area (Å²) >= 11 is 1.01. The normalized spacial score (nSPS) is 10.5. The summed E-state index contributed by atoms with van der Waals surface area (Å²) < 4.78 is 39.1. The molecule has 2 aromatic carbocycles. The molecule has 0 amide bonds. The van der Waals surface area contributed by atoms with E-state index >= 15 is 0 Å². The summed E-state index contributed by atoms with van der Waals surface area (Å²) in [6.07, 6.45) is 0. The molecule has 0 aromatic heterocycles. The minimum atomic E-state index is -0.953. The van der Waals surface area contributed by atoms with Crippen LogP contribution in [0, 0.1) is 17.5 Å². The Kier molecular flexibility index (Phi) is 3.28. The smallest absolute Gasteiger partial charge is 0.159 e. The maximum atomic E-state index is 13.4. The Morgan fingerprint density at radius 3 is 2.24 bits per heavy atom. The Hall–Kier alpha value is -1.62. The quantitative estimate of drug-likeness (QED) is 0.825. The van der Waals surface area contributed by atoms with Crippen LogP contribution in [0.4, 0.5) is 18.9 Å². The fraction of sp³-hybridized carbons (Fsp3) is 0. The molecular weight excluding hydrogens is 247 g/mol. The molecule has 88 valence electrons. The summed E-state index contributed by atoms with van der Waals surface area (Å²) in [5, 5.41) is 0. The van der Waals surface area contributed by atoms with Crippen molar-refractivity contribution in [3.05, 3.63) is 53.8 Å². The number of nitrogens with two attached hydrogens (primary N) is 1. The molecule has 17 heavy (non-hydrogen) atoms. The van der Waals surface area contributed by atoms with E-state index < -0.39 is 17.5 Å². The molecule has 0 spiro atoms. The fourth-order valence-electron chi connectivity index (χ4n) is 1.27. The van der Waals surface area contributed by atoms with Gasteiger partial charge in [-0.15, -0.1) is 0 Å². The van der Waals surface area contributed by atoms with Crippen molar-refractivity contribution in [2.75, 3.05) is 5.73 Å². The monoisotopic (exact) mass is 255 g/mol. The Labute approximate surface area is 100 Å². The molecule has 2 N–H and O–H groups in total. The van der Waals surface area contributed by atoms with Crippen LogP contribution >= 0.6 is 11.8 Å². The Bertz CT molecular complexity index is 557. The second kappa shape index (κ2) is 4.71. The van der Waals surface area contributed by atoms with Crippen molar-refractivity contribution in [1.29, 1.82) is 0 Å². The Morgan fingerprint density at radius 1 is 0.824 bits per heavy atom. The van der Waals surface area contributed by atoms with Gasteiger partial charge in [0, 0.05) is 15.5 Å². The summed E-state index contributed by atoms with van der Waals surface area (Å²) in [7, 11) is 0. The molecule has 0 aliphatic carbocycles. The number of benzene rings is 2. The molecule has 0 atom stereocenters. The lowest BCUT2D eigenvalue weighted by molar-refractivity contribution is 0.506. The number of hydrogen-bond donors (Lipinski definition) is 1. The average molecular weight is 255 g/mol. The third-order valence-corrected chi connectivity index (χ3v) is 3.12. The number of hydrogen-bond acceptors (Lipinski definition) is 2. The predicted octanol–water partition coefficient (Wildman–Crippen LogP) is 3.84. The number of nitrogen functional groups attached to an aromatic ring is 1. The molecule has 0 saturated carbocycles. The van der Waals surface area contributed by atoms with Crippen LogP contribution < -0.4 is 5.73 Å².